The summed E-state index contributed by atoms with van der Waals surface area (Å²) in [6.07, 6.45) is 29.8. The first-order valence-corrected chi connectivity index (χ1v) is 39.4. The van der Waals surface area contributed by atoms with E-state index < -0.39 is 30.5 Å². The number of halogens is 2. The van der Waals surface area contributed by atoms with Gasteiger partial charge in [0.25, 0.3) is 0 Å². The third-order valence-electron chi connectivity index (χ3n) is 19.8. The van der Waals surface area contributed by atoms with E-state index >= 15 is 0 Å². The average Bonchev–Trinajstić information content (AvgIpc) is 0.952. The van der Waals surface area contributed by atoms with Crippen LogP contribution in [0, 0.1) is 71.0 Å². The van der Waals surface area contributed by atoms with Crippen molar-refractivity contribution in [3.63, 3.8) is 0 Å². The topological polar surface area (TPSA) is 268 Å². The molecule has 89 heavy (non-hydrogen) atoms. The van der Waals surface area contributed by atoms with Crippen LogP contribution in [0.4, 0.5) is 0 Å². The molecule has 0 bridgehead atoms. The average molecular weight is 1490 g/mol. The summed E-state index contributed by atoms with van der Waals surface area (Å²) < 4.78 is 23.3. The van der Waals surface area contributed by atoms with Crippen molar-refractivity contribution in [3.05, 3.63) is 71.4 Å². The summed E-state index contributed by atoms with van der Waals surface area (Å²) in [6, 6.07) is 0. The number of ether oxygens (including phenoxy) is 4. The van der Waals surface area contributed by atoms with Gasteiger partial charge in [0.2, 0.25) is 0 Å². The van der Waals surface area contributed by atoms with Crippen LogP contribution < -0.4 is 34.8 Å². The fraction of sp³-hybridized carbons (Fsp3) is 0.768. The predicted octanol–water partition coefficient (Wildman–Crippen LogP) is 9.28. The smallest absolute Gasteiger partial charge is 0.723 e. The Hall–Kier alpha value is -1.58. The van der Waals surface area contributed by atoms with Gasteiger partial charge in [-0.15, -0.1) is 0 Å². The second-order valence-electron chi connectivity index (χ2n) is 26.2. The SMILES string of the molecule is CCC(C)C(=O)OC1CCC=C2C=CC(C)C(CC[C@@H](O)CC(O)CCOO)C21.CCC(C)C(=O)OC1CCC=C2C=CC(C)C(CC[C@@H](O)CC(O)CCO[O-])C21.CC[C@H](C)C(=O)O[C@H]1CCC=C2C=C[C@H](C)C(CC[C@@H]3C[C@@H](O)CC(=O)O3)C21.II.[Na+]. The molecule has 1 fully saturated rings. The van der Waals surface area contributed by atoms with Crippen LogP contribution in [-0.2, 0) is 47.9 Å². The first-order valence-electron chi connectivity index (χ1n) is 33.1. The predicted molar refractivity (Wildman–Crippen MR) is 354 cm³/mol. The third-order valence-corrected chi connectivity index (χ3v) is 19.8. The Kier molecular flexibility index (Phi) is 39.9. The molecule has 0 radical (unpaired) electrons. The van der Waals surface area contributed by atoms with Gasteiger partial charge in [0.1, 0.15) is 24.4 Å². The van der Waals surface area contributed by atoms with Crippen LogP contribution in [0.1, 0.15) is 197 Å². The number of fused-ring (bicyclic) bond motifs is 3. The number of hydrogen-bond donors (Lipinski definition) is 6. The van der Waals surface area contributed by atoms with Crippen molar-refractivity contribution >= 4 is 61.1 Å². The van der Waals surface area contributed by atoms with Gasteiger partial charge in [0.15, 0.2) is 0 Å². The van der Waals surface area contributed by atoms with E-state index in [-0.39, 0.29) is 164 Å². The van der Waals surface area contributed by atoms with Crippen molar-refractivity contribution in [2.45, 2.75) is 252 Å². The molecule has 502 valence electrons. The van der Waals surface area contributed by atoms with Crippen LogP contribution in [0.15, 0.2) is 71.4 Å². The van der Waals surface area contributed by atoms with Crippen LogP contribution in [0.2, 0.25) is 0 Å². The number of carbonyl (C=O) groups excluding carboxylic acids is 4. The maximum Gasteiger partial charge on any atom is 1.00 e. The molecule has 0 aromatic heterocycles. The van der Waals surface area contributed by atoms with Gasteiger partial charge in [-0.3, -0.25) is 24.4 Å². The van der Waals surface area contributed by atoms with Crippen LogP contribution in [0.3, 0.4) is 0 Å². The molecule has 7 aliphatic rings. The van der Waals surface area contributed by atoms with Gasteiger partial charge in [-0.05, 0) is 174 Å². The monoisotopic (exact) mass is 1490 g/mol. The van der Waals surface area contributed by atoms with Crippen LogP contribution in [-0.4, -0.2) is 123 Å². The molecule has 1 aliphatic heterocycles. The Morgan fingerprint density at radius 3 is 1.27 bits per heavy atom. The summed E-state index contributed by atoms with van der Waals surface area (Å²) >= 11 is 4.24. The summed E-state index contributed by atoms with van der Waals surface area (Å²) in [6.45, 7) is 18.3. The molecule has 0 aromatic carbocycles. The molecule has 7 rings (SSSR count). The molecule has 6 aliphatic carbocycles. The largest absolute Gasteiger partial charge is 1.00 e. The van der Waals surface area contributed by atoms with Crippen molar-refractivity contribution in [1.82, 2.24) is 0 Å². The molecule has 20 heteroatoms. The number of cyclic esters (lactones) is 1. The summed E-state index contributed by atoms with van der Waals surface area (Å²) in [5, 5.41) is 68.8. The van der Waals surface area contributed by atoms with E-state index in [0.717, 1.165) is 83.5 Å². The van der Waals surface area contributed by atoms with Gasteiger partial charge < -0.3 is 54.6 Å². The molecular weight excluding hydrogens is 1380 g/mol. The van der Waals surface area contributed by atoms with E-state index in [0.29, 0.717) is 49.4 Å². The first kappa shape index (κ1) is 81.7. The Morgan fingerprint density at radius 2 is 0.933 bits per heavy atom. The van der Waals surface area contributed by atoms with E-state index in [2.05, 4.69) is 122 Å². The second kappa shape index (κ2) is 43.5. The van der Waals surface area contributed by atoms with Crippen molar-refractivity contribution in [3.8, 4) is 0 Å². The Morgan fingerprint density at radius 1 is 0.584 bits per heavy atom. The number of esters is 4. The zero-order valence-corrected chi connectivity index (χ0v) is 61.3. The zero-order valence-electron chi connectivity index (χ0n) is 55.0. The summed E-state index contributed by atoms with van der Waals surface area (Å²) in [7, 11) is 0. The van der Waals surface area contributed by atoms with Gasteiger partial charge >= 0.3 is 53.4 Å². The van der Waals surface area contributed by atoms with Crippen LogP contribution >= 0.6 is 37.2 Å². The molecule has 1 heterocycles. The zero-order chi connectivity index (χ0) is 65.0. The summed E-state index contributed by atoms with van der Waals surface area (Å²) in [5.41, 5.74) is 3.76. The fourth-order valence-electron chi connectivity index (χ4n) is 13.8. The number of allylic oxidation sites excluding steroid dienone is 9. The Balaban J connectivity index is 0.000000342. The van der Waals surface area contributed by atoms with Gasteiger partial charge in [0.05, 0.1) is 61.3 Å². The second-order valence-corrected chi connectivity index (χ2v) is 26.2. The molecule has 17 nitrogen and oxygen atoms in total. The standard InChI is InChI=1S/2C23H38O6.C23H34O5.I2.Na/c2*1-4-15(2)23(26)29-21-7-5-6-17-9-8-16(3)20(22(17)21)11-10-18(24)14-19(25)12-13-28-27;1-4-14(2)23(26)28-20-7-5-6-16-9-8-15(3)19(22(16)20)11-10-18-12-17(24)13-21(25)27-18;1-2;/h2*6,8-9,15-16,18-22,24-25,27H,4-5,7,10-14H2,1-3H3;6,8-9,14-15,17-20,22,24H,4-5,7,10-13H2,1-3H3;;/q;;;;+1/p-1/t2*15?,16?,18-,19?,20?,21?,22?;14-,15-,17+,18+,19?,20-,22?;;/m110../s1. The Bertz CT molecular complexity index is 2190. The van der Waals surface area contributed by atoms with Crippen molar-refractivity contribution in [2.75, 3.05) is 13.2 Å². The molecule has 6 N–H and O–H groups in total. The van der Waals surface area contributed by atoms with E-state index in [1.807, 2.05) is 41.5 Å². The molecule has 0 amide bonds. The third kappa shape index (κ3) is 26.5. The summed E-state index contributed by atoms with van der Waals surface area (Å²) in [5.74, 6) is 1.54. The number of carbonyl (C=O) groups is 4. The van der Waals surface area contributed by atoms with E-state index in [9.17, 15) is 50.0 Å². The minimum absolute atomic E-state index is 0. The minimum atomic E-state index is -0.739. The molecule has 0 spiro atoms. The van der Waals surface area contributed by atoms with Gasteiger partial charge in [-0.2, -0.15) is 0 Å². The molecule has 0 aromatic rings. The van der Waals surface area contributed by atoms with Gasteiger partial charge in [-0.25, -0.2) is 4.89 Å². The van der Waals surface area contributed by atoms with Crippen molar-refractivity contribution in [2.24, 2.45) is 71.0 Å². The normalized spacial score (nSPS) is 30.7. The Labute approximate surface area is 577 Å². The maximum atomic E-state index is 12.4. The van der Waals surface area contributed by atoms with Gasteiger partial charge in [0, 0.05) is 68.0 Å². The van der Waals surface area contributed by atoms with Crippen molar-refractivity contribution < 1.29 is 114 Å². The van der Waals surface area contributed by atoms with Crippen LogP contribution in [0.5, 0.6) is 0 Å². The quantitative estimate of drug-likeness (QED) is 0.0106. The van der Waals surface area contributed by atoms with E-state index in [1.54, 1.807) is 0 Å². The van der Waals surface area contributed by atoms with Gasteiger partial charge in [-0.1, -0.05) is 117 Å². The molecule has 1 saturated heterocycles. The number of aliphatic hydroxyl groups excluding tert-OH is 5. The first-order chi connectivity index (χ1) is 42.1. The molecule has 0 saturated carbocycles. The number of rotatable bonds is 28. The van der Waals surface area contributed by atoms with E-state index in [1.165, 1.54) is 16.7 Å². The number of hydrogen-bond acceptors (Lipinski definition) is 17. The fourth-order valence-corrected chi connectivity index (χ4v) is 13.8. The van der Waals surface area contributed by atoms with Crippen LogP contribution in [0.25, 0.3) is 0 Å². The molecular formula is C69H109I2NaO17. The summed E-state index contributed by atoms with van der Waals surface area (Å²) in [4.78, 5) is 56.6. The maximum absolute atomic E-state index is 12.4. The molecule has 21 atom stereocenters. The van der Waals surface area contributed by atoms with E-state index in [4.69, 9.17) is 24.2 Å². The van der Waals surface area contributed by atoms with Crippen molar-refractivity contribution in [1.29, 1.82) is 0 Å². The minimum Gasteiger partial charge on any atom is -0.723 e. The number of aliphatic hydroxyl groups is 5. The molecule has 14 unspecified atom stereocenters.